The van der Waals surface area contributed by atoms with E-state index in [1.165, 1.54) is 0 Å². The van der Waals surface area contributed by atoms with Crippen molar-refractivity contribution in [1.29, 1.82) is 0 Å². The van der Waals surface area contributed by atoms with Gasteiger partial charge in [0.1, 0.15) is 6.04 Å². The van der Waals surface area contributed by atoms with E-state index in [2.05, 4.69) is 5.32 Å². The summed E-state index contributed by atoms with van der Waals surface area (Å²) in [6.07, 6.45) is 4.64. The van der Waals surface area contributed by atoms with E-state index in [4.69, 9.17) is 10.8 Å². The molecule has 0 aromatic carbocycles. The maximum atomic E-state index is 11.9. The van der Waals surface area contributed by atoms with Gasteiger partial charge in [0.05, 0.1) is 5.54 Å². The van der Waals surface area contributed by atoms with Crippen LogP contribution in [0.25, 0.3) is 0 Å². The molecule has 4 N–H and O–H groups in total. The van der Waals surface area contributed by atoms with E-state index >= 15 is 0 Å². The highest BCUT2D eigenvalue weighted by Crippen LogP contribution is 2.26. The van der Waals surface area contributed by atoms with Gasteiger partial charge in [-0.15, -0.1) is 0 Å². The molecule has 0 bridgehead atoms. The second-order valence-electron chi connectivity index (χ2n) is 4.49. The number of nitrogens with two attached hydrogens (primary N) is 1. The summed E-state index contributed by atoms with van der Waals surface area (Å²) in [6, 6.07) is -0.824. The van der Waals surface area contributed by atoms with Crippen LogP contribution in [0.4, 0.5) is 0 Å². The third-order valence-corrected chi connectivity index (χ3v) is 3.21. The van der Waals surface area contributed by atoms with Crippen molar-refractivity contribution in [3.05, 3.63) is 0 Å². The average molecular weight is 228 g/mol. The number of carboxylic acid groups (broad SMARTS) is 1. The number of amides is 1. The lowest BCUT2D eigenvalue weighted by molar-refractivity contribution is -0.143. The molecule has 16 heavy (non-hydrogen) atoms. The fourth-order valence-electron chi connectivity index (χ4n) is 2.05. The Bertz CT molecular complexity index is 272. The van der Waals surface area contributed by atoms with Crippen molar-refractivity contribution >= 4 is 11.9 Å². The molecule has 0 unspecified atom stereocenters. The molecule has 0 saturated heterocycles. The predicted molar refractivity (Wildman–Crippen MR) is 59.9 cm³/mol. The molecule has 5 heteroatoms. The molecule has 0 spiro atoms. The lowest BCUT2D eigenvalue weighted by Gasteiger charge is -2.32. The van der Waals surface area contributed by atoms with Crippen molar-refractivity contribution in [2.24, 2.45) is 5.73 Å². The van der Waals surface area contributed by atoms with Crippen LogP contribution in [-0.4, -0.2) is 28.6 Å². The van der Waals surface area contributed by atoms with E-state index in [-0.39, 0.29) is 5.91 Å². The van der Waals surface area contributed by atoms with Crippen LogP contribution in [0.5, 0.6) is 0 Å². The van der Waals surface area contributed by atoms with Crippen molar-refractivity contribution in [2.75, 3.05) is 0 Å². The Morgan fingerprint density at radius 1 is 1.38 bits per heavy atom. The van der Waals surface area contributed by atoms with Crippen LogP contribution in [0.3, 0.4) is 0 Å². The lowest BCUT2D eigenvalue weighted by atomic mass is 9.81. The summed E-state index contributed by atoms with van der Waals surface area (Å²) in [7, 11) is 0. The Balaban J connectivity index is 2.59. The third kappa shape index (κ3) is 2.95. The fraction of sp³-hybridized carbons (Fsp3) is 0.818. The van der Waals surface area contributed by atoms with Gasteiger partial charge in [-0.3, -0.25) is 4.79 Å². The minimum atomic E-state index is -1.00. The zero-order chi connectivity index (χ0) is 12.2. The zero-order valence-corrected chi connectivity index (χ0v) is 9.66. The quantitative estimate of drug-likeness (QED) is 0.658. The number of rotatable bonds is 4. The minimum absolute atomic E-state index is 0.318. The molecule has 5 nitrogen and oxygen atoms in total. The van der Waals surface area contributed by atoms with E-state index in [1.807, 2.05) is 0 Å². The molecule has 1 aliphatic carbocycles. The maximum Gasteiger partial charge on any atom is 0.326 e. The molecule has 92 valence electrons. The van der Waals surface area contributed by atoms with Gasteiger partial charge in [0, 0.05) is 0 Å². The Hall–Kier alpha value is -1.10. The van der Waals surface area contributed by atoms with Crippen LogP contribution < -0.4 is 11.1 Å². The van der Waals surface area contributed by atoms with Gasteiger partial charge >= 0.3 is 5.97 Å². The number of aliphatic carboxylic acids is 1. The second-order valence-corrected chi connectivity index (χ2v) is 4.49. The van der Waals surface area contributed by atoms with Crippen molar-refractivity contribution in [3.8, 4) is 0 Å². The van der Waals surface area contributed by atoms with Gasteiger partial charge in [-0.05, 0) is 19.3 Å². The Labute approximate surface area is 95.4 Å². The van der Waals surface area contributed by atoms with Gasteiger partial charge in [0.25, 0.3) is 0 Å². The summed E-state index contributed by atoms with van der Waals surface area (Å²) in [5.74, 6) is -1.32. The first-order chi connectivity index (χ1) is 7.49. The smallest absolute Gasteiger partial charge is 0.326 e. The monoisotopic (exact) mass is 228 g/mol. The summed E-state index contributed by atoms with van der Waals surface area (Å²) in [4.78, 5) is 22.7. The zero-order valence-electron chi connectivity index (χ0n) is 9.66. The van der Waals surface area contributed by atoms with E-state index in [9.17, 15) is 9.59 Å². The van der Waals surface area contributed by atoms with E-state index in [0.717, 1.165) is 19.3 Å². The third-order valence-electron chi connectivity index (χ3n) is 3.21. The molecular formula is C11H20N2O3. The Kier molecular flexibility index (Phi) is 4.29. The lowest BCUT2D eigenvalue weighted by Crippen LogP contribution is -2.58. The summed E-state index contributed by atoms with van der Waals surface area (Å²) < 4.78 is 0. The van der Waals surface area contributed by atoms with E-state index in [0.29, 0.717) is 19.3 Å². The van der Waals surface area contributed by atoms with Crippen molar-refractivity contribution in [2.45, 2.75) is 57.0 Å². The number of carbonyl (C=O) groups is 2. The number of carboxylic acids is 1. The summed E-state index contributed by atoms with van der Waals surface area (Å²) >= 11 is 0. The van der Waals surface area contributed by atoms with Crippen LogP contribution in [0.2, 0.25) is 0 Å². The first-order valence-corrected chi connectivity index (χ1v) is 5.82. The maximum absolute atomic E-state index is 11.9. The number of carbonyl (C=O) groups excluding carboxylic acids is 1. The normalized spacial score (nSPS) is 21.1. The number of hydrogen-bond donors (Lipinski definition) is 3. The van der Waals surface area contributed by atoms with Gasteiger partial charge < -0.3 is 16.2 Å². The number of hydrogen-bond acceptors (Lipinski definition) is 3. The molecule has 1 atom stereocenters. The minimum Gasteiger partial charge on any atom is -0.480 e. The highest BCUT2D eigenvalue weighted by atomic mass is 16.4. The largest absolute Gasteiger partial charge is 0.480 e. The van der Waals surface area contributed by atoms with Crippen LogP contribution in [-0.2, 0) is 9.59 Å². The summed E-state index contributed by atoms with van der Waals surface area (Å²) in [5, 5.41) is 11.4. The summed E-state index contributed by atoms with van der Waals surface area (Å²) in [5.41, 5.74) is 5.14. The average Bonchev–Trinajstić information content (AvgIpc) is 2.26. The standard InChI is InChI=1S/C11H20N2O3/c1-2-8(9(14)15)13-10(16)11(12)6-4-3-5-7-11/h8H,2-7,12H2,1H3,(H,13,16)(H,14,15)/t8-/m1/s1. The molecule has 1 aliphatic rings. The molecule has 1 rings (SSSR count). The second kappa shape index (κ2) is 5.30. The van der Waals surface area contributed by atoms with Gasteiger partial charge in [0.15, 0.2) is 0 Å². The fourth-order valence-corrected chi connectivity index (χ4v) is 2.05. The van der Waals surface area contributed by atoms with E-state index < -0.39 is 17.6 Å². The molecule has 1 saturated carbocycles. The van der Waals surface area contributed by atoms with Gasteiger partial charge in [-0.1, -0.05) is 26.2 Å². The van der Waals surface area contributed by atoms with Crippen LogP contribution in [0.1, 0.15) is 45.4 Å². The van der Waals surface area contributed by atoms with Crippen LogP contribution >= 0.6 is 0 Å². The molecule has 1 fully saturated rings. The highest BCUT2D eigenvalue weighted by molar-refractivity contribution is 5.90. The molecule has 1 amide bonds. The molecule has 0 aromatic rings. The van der Waals surface area contributed by atoms with Gasteiger partial charge in [-0.25, -0.2) is 4.79 Å². The molecule has 0 heterocycles. The first-order valence-electron chi connectivity index (χ1n) is 5.82. The summed E-state index contributed by atoms with van der Waals surface area (Å²) in [6.45, 7) is 1.73. The first kappa shape index (κ1) is 13.0. The number of nitrogens with one attached hydrogen (secondary N) is 1. The Morgan fingerprint density at radius 2 is 1.94 bits per heavy atom. The Morgan fingerprint density at radius 3 is 2.38 bits per heavy atom. The highest BCUT2D eigenvalue weighted by Gasteiger charge is 2.36. The van der Waals surface area contributed by atoms with Crippen molar-refractivity contribution in [1.82, 2.24) is 5.32 Å². The molecule has 0 aliphatic heterocycles. The topological polar surface area (TPSA) is 92.4 Å². The van der Waals surface area contributed by atoms with Crippen LogP contribution in [0.15, 0.2) is 0 Å². The molecular weight excluding hydrogens is 208 g/mol. The van der Waals surface area contributed by atoms with Gasteiger partial charge in [0.2, 0.25) is 5.91 Å². The predicted octanol–water partition coefficient (Wildman–Crippen LogP) is 0.627. The SMILES string of the molecule is CC[C@@H](NC(=O)C1(N)CCCCC1)C(=O)O. The molecule has 0 aromatic heterocycles. The van der Waals surface area contributed by atoms with Crippen molar-refractivity contribution in [3.63, 3.8) is 0 Å². The van der Waals surface area contributed by atoms with Gasteiger partial charge in [-0.2, -0.15) is 0 Å². The molecule has 0 radical (unpaired) electrons. The van der Waals surface area contributed by atoms with E-state index in [1.54, 1.807) is 6.92 Å². The van der Waals surface area contributed by atoms with Crippen LogP contribution in [0, 0.1) is 0 Å². The van der Waals surface area contributed by atoms with Crippen molar-refractivity contribution < 1.29 is 14.7 Å².